The van der Waals surface area contributed by atoms with Crippen molar-refractivity contribution in [3.05, 3.63) is 86.5 Å². The van der Waals surface area contributed by atoms with Crippen molar-refractivity contribution in [2.75, 3.05) is 0 Å². The smallest absolute Gasteiger partial charge is 0.214 e. The van der Waals surface area contributed by atoms with Gasteiger partial charge in [-0.05, 0) is 93.1 Å². The Hall–Kier alpha value is -2.13. The van der Waals surface area contributed by atoms with Gasteiger partial charge in [-0.25, -0.2) is 8.42 Å². The predicted molar refractivity (Wildman–Crippen MR) is 199 cm³/mol. The molecule has 3 aromatic carbocycles. The van der Waals surface area contributed by atoms with Gasteiger partial charge >= 0.3 is 5.51 Å². The van der Waals surface area contributed by atoms with Gasteiger partial charge in [0.25, 0.3) is 9.84 Å². The normalized spacial score (nSPS) is 14.1. The number of unbranched alkanes of at least 4 members (excludes halogenated alkanes) is 12. The maximum Gasteiger partial charge on any atom is 0.501 e. The van der Waals surface area contributed by atoms with E-state index in [0.29, 0.717) is 5.56 Å². The van der Waals surface area contributed by atoms with E-state index in [1.807, 2.05) is 12.2 Å². The molecule has 1 aliphatic rings. The minimum Gasteiger partial charge on any atom is -0.214 e. The monoisotopic (exact) mass is 778 g/mol. The molecule has 256 valence electrons. The standard InChI is InChI=1S/C40H50F3IO2S/c1-3-5-7-9-11-13-15-27-39(28-16-14-12-10-8-6-4-2)37-29-32(21-25-35(37)36-26-22-33(44)30-38(36)39)18-17-31-19-23-34(24-20-31)47(45,46)40(41,42)43/h17-26,29-30H,3-16,27-28H2,1-2H3/b18-17+. The van der Waals surface area contributed by atoms with Crippen LogP contribution in [0.5, 0.6) is 0 Å². The van der Waals surface area contributed by atoms with Crippen molar-refractivity contribution in [3.63, 3.8) is 0 Å². The lowest BCUT2D eigenvalue weighted by atomic mass is 9.70. The molecule has 0 heterocycles. The summed E-state index contributed by atoms with van der Waals surface area (Å²) in [6.07, 6.45) is 23.9. The first-order chi connectivity index (χ1) is 22.5. The molecular formula is C40H50F3IO2S. The van der Waals surface area contributed by atoms with E-state index in [1.54, 1.807) is 0 Å². The van der Waals surface area contributed by atoms with Crippen LogP contribution in [-0.4, -0.2) is 13.9 Å². The van der Waals surface area contributed by atoms with Crippen molar-refractivity contribution < 1.29 is 21.6 Å². The van der Waals surface area contributed by atoms with Crippen LogP contribution in [-0.2, 0) is 15.3 Å². The summed E-state index contributed by atoms with van der Waals surface area (Å²) in [5.41, 5.74) is 1.80. The van der Waals surface area contributed by atoms with E-state index < -0.39 is 20.2 Å². The highest BCUT2D eigenvalue weighted by molar-refractivity contribution is 14.1. The molecule has 3 aromatic rings. The van der Waals surface area contributed by atoms with Crippen LogP contribution in [0.3, 0.4) is 0 Å². The third-order valence-corrected chi connectivity index (χ3v) is 11.9. The first kappa shape index (κ1) is 37.7. The predicted octanol–water partition coefficient (Wildman–Crippen LogP) is 13.3. The summed E-state index contributed by atoms with van der Waals surface area (Å²) in [4.78, 5) is -0.743. The molecule has 4 rings (SSSR count). The number of benzene rings is 3. The summed E-state index contributed by atoms with van der Waals surface area (Å²) in [5.74, 6) is 0. The molecule has 0 spiro atoms. The molecule has 0 fully saturated rings. The SMILES string of the molecule is CCCCCCCCCC1(CCCCCCCCC)c2cc(I)ccc2-c2ccc(/C=C/c3ccc(S(=O)(=O)C(F)(F)F)cc3)cc21. The Morgan fingerprint density at radius 2 is 1.06 bits per heavy atom. The molecule has 0 saturated heterocycles. The molecular weight excluding hydrogens is 728 g/mol. The highest BCUT2D eigenvalue weighted by atomic mass is 127. The van der Waals surface area contributed by atoms with Crippen LogP contribution in [0.15, 0.2) is 65.6 Å². The molecule has 0 aliphatic heterocycles. The zero-order chi connectivity index (χ0) is 33.9. The van der Waals surface area contributed by atoms with Gasteiger partial charge in [0.1, 0.15) is 0 Å². The number of rotatable bonds is 19. The van der Waals surface area contributed by atoms with Gasteiger partial charge in [0.2, 0.25) is 0 Å². The second-order valence-electron chi connectivity index (χ2n) is 13.2. The fraction of sp³-hybridized carbons (Fsp3) is 0.500. The van der Waals surface area contributed by atoms with Crippen molar-refractivity contribution in [1.82, 2.24) is 0 Å². The van der Waals surface area contributed by atoms with Crippen LogP contribution in [0.25, 0.3) is 23.3 Å². The van der Waals surface area contributed by atoms with Crippen LogP contribution in [0.2, 0.25) is 0 Å². The first-order valence-corrected chi connectivity index (χ1v) is 20.1. The number of sulfone groups is 1. The molecule has 0 N–H and O–H groups in total. The molecule has 0 radical (unpaired) electrons. The molecule has 0 aromatic heterocycles. The number of alkyl halides is 3. The van der Waals surface area contributed by atoms with Gasteiger partial charge in [0.05, 0.1) is 4.90 Å². The molecule has 0 saturated carbocycles. The summed E-state index contributed by atoms with van der Waals surface area (Å²) in [7, 11) is -5.37. The van der Waals surface area contributed by atoms with E-state index in [9.17, 15) is 21.6 Å². The van der Waals surface area contributed by atoms with Crippen molar-refractivity contribution >= 4 is 44.6 Å². The van der Waals surface area contributed by atoms with Gasteiger partial charge < -0.3 is 0 Å². The Bertz CT molecular complexity index is 1560. The van der Waals surface area contributed by atoms with Gasteiger partial charge in [0, 0.05) is 8.99 Å². The minimum atomic E-state index is -5.37. The average Bonchev–Trinajstić information content (AvgIpc) is 3.30. The third-order valence-electron chi connectivity index (χ3n) is 9.72. The third kappa shape index (κ3) is 9.52. The van der Waals surface area contributed by atoms with Gasteiger partial charge in [-0.2, -0.15) is 13.2 Å². The Kier molecular flexibility index (Phi) is 14.0. The van der Waals surface area contributed by atoms with Crippen molar-refractivity contribution in [2.45, 2.75) is 132 Å². The van der Waals surface area contributed by atoms with Gasteiger partial charge in [-0.1, -0.05) is 152 Å². The Labute approximate surface area is 294 Å². The average molecular weight is 779 g/mol. The van der Waals surface area contributed by atoms with Gasteiger partial charge in [-0.15, -0.1) is 0 Å². The minimum absolute atomic E-state index is 0.0455. The van der Waals surface area contributed by atoms with Crippen LogP contribution < -0.4 is 0 Å². The zero-order valence-electron chi connectivity index (χ0n) is 28.0. The Morgan fingerprint density at radius 1 is 0.617 bits per heavy atom. The quantitative estimate of drug-likeness (QED) is 0.0690. The maximum absolute atomic E-state index is 13.0. The van der Waals surface area contributed by atoms with Crippen molar-refractivity contribution in [2.24, 2.45) is 0 Å². The zero-order valence-corrected chi connectivity index (χ0v) is 31.0. The molecule has 0 amide bonds. The molecule has 1 aliphatic carbocycles. The second kappa shape index (κ2) is 17.5. The van der Waals surface area contributed by atoms with Crippen LogP contribution in [0, 0.1) is 3.57 Å². The van der Waals surface area contributed by atoms with Crippen LogP contribution in [0.1, 0.15) is 139 Å². The first-order valence-electron chi connectivity index (χ1n) is 17.6. The van der Waals surface area contributed by atoms with Crippen LogP contribution >= 0.6 is 22.6 Å². The Balaban J connectivity index is 1.62. The number of hydrogen-bond donors (Lipinski definition) is 0. The summed E-state index contributed by atoms with van der Waals surface area (Å²) in [6.45, 7) is 4.52. The molecule has 0 unspecified atom stereocenters. The summed E-state index contributed by atoms with van der Waals surface area (Å²) >= 11 is 2.44. The molecule has 0 atom stereocenters. The molecule has 2 nitrogen and oxygen atoms in total. The lowest BCUT2D eigenvalue weighted by Gasteiger charge is -2.33. The van der Waals surface area contributed by atoms with E-state index in [0.717, 1.165) is 30.5 Å². The summed E-state index contributed by atoms with van der Waals surface area (Å²) < 4.78 is 63.8. The fourth-order valence-corrected chi connectivity index (χ4v) is 8.36. The number of halogens is 4. The lowest BCUT2D eigenvalue weighted by molar-refractivity contribution is -0.0436. The molecule has 47 heavy (non-hydrogen) atoms. The van der Waals surface area contributed by atoms with E-state index in [1.165, 1.54) is 128 Å². The van der Waals surface area contributed by atoms with E-state index in [-0.39, 0.29) is 5.41 Å². The van der Waals surface area contributed by atoms with Crippen molar-refractivity contribution in [1.29, 1.82) is 0 Å². The highest BCUT2D eigenvalue weighted by Crippen LogP contribution is 2.55. The van der Waals surface area contributed by atoms with E-state index >= 15 is 0 Å². The maximum atomic E-state index is 13.0. The van der Waals surface area contributed by atoms with Gasteiger partial charge in [0.15, 0.2) is 0 Å². The van der Waals surface area contributed by atoms with Crippen LogP contribution in [0.4, 0.5) is 13.2 Å². The van der Waals surface area contributed by atoms with Crippen molar-refractivity contribution in [3.8, 4) is 11.1 Å². The Morgan fingerprint density at radius 3 is 1.60 bits per heavy atom. The molecule has 0 bridgehead atoms. The summed E-state index contributed by atoms with van der Waals surface area (Å²) in [6, 6.07) is 18.5. The van der Waals surface area contributed by atoms with E-state index in [4.69, 9.17) is 0 Å². The topological polar surface area (TPSA) is 34.1 Å². The van der Waals surface area contributed by atoms with E-state index in [2.05, 4.69) is 72.8 Å². The lowest BCUT2D eigenvalue weighted by Crippen LogP contribution is -2.25. The largest absolute Gasteiger partial charge is 0.501 e. The van der Waals surface area contributed by atoms with Gasteiger partial charge in [-0.3, -0.25) is 0 Å². The highest BCUT2D eigenvalue weighted by Gasteiger charge is 2.47. The number of hydrogen-bond acceptors (Lipinski definition) is 2. The number of fused-ring (bicyclic) bond motifs is 3. The summed E-state index contributed by atoms with van der Waals surface area (Å²) in [5, 5.41) is 0. The fourth-order valence-electron chi connectivity index (χ4n) is 7.10. The second-order valence-corrected chi connectivity index (χ2v) is 16.4. The molecule has 7 heteroatoms.